The number of aliphatic hydroxyl groups is 1. The number of carbonyl (C=O) groups is 5. The number of phenols is 1. The summed E-state index contributed by atoms with van der Waals surface area (Å²) in [4.78, 5) is 84.2. The van der Waals surface area contributed by atoms with E-state index in [1.54, 1.807) is 0 Å². The van der Waals surface area contributed by atoms with Crippen molar-refractivity contribution in [2.75, 3.05) is 35.7 Å². The maximum Gasteiger partial charge on any atom is 0.352 e. The lowest BCUT2D eigenvalue weighted by atomic mass is 10.00. The highest BCUT2D eigenvalue weighted by atomic mass is 32.2. The van der Waals surface area contributed by atoms with Gasteiger partial charge in [0.1, 0.15) is 41.2 Å². The highest BCUT2D eigenvalue weighted by molar-refractivity contribution is 8.00. The maximum atomic E-state index is 13.8. The van der Waals surface area contributed by atoms with Gasteiger partial charge in [0.25, 0.3) is 11.5 Å². The number of carbonyl (C=O) groups excluding carboxylic acids is 4. The fraction of sp³-hybridized carbons (Fsp3) is 0.346. The lowest BCUT2D eigenvalue weighted by Gasteiger charge is -2.49. The van der Waals surface area contributed by atoms with Crippen molar-refractivity contribution in [2.45, 2.75) is 30.8 Å². The van der Waals surface area contributed by atoms with Crippen molar-refractivity contribution in [1.29, 1.82) is 0 Å². The number of aromatic nitrogens is 2. The van der Waals surface area contributed by atoms with Gasteiger partial charge in [0.15, 0.2) is 0 Å². The minimum atomic E-state index is -1.63. The monoisotopic (exact) mass is 631 g/mol. The molecule has 3 atom stereocenters. The van der Waals surface area contributed by atoms with Gasteiger partial charge in [0.2, 0.25) is 11.9 Å². The van der Waals surface area contributed by atoms with Gasteiger partial charge in [-0.2, -0.15) is 0 Å². The zero-order valence-electron chi connectivity index (χ0n) is 23.2. The van der Waals surface area contributed by atoms with Crippen LogP contribution in [0.2, 0.25) is 0 Å². The molecule has 1 saturated heterocycles. The van der Waals surface area contributed by atoms with E-state index in [0.717, 1.165) is 29.8 Å². The average molecular weight is 632 g/mol. The van der Waals surface area contributed by atoms with Gasteiger partial charge in [-0.25, -0.2) is 14.6 Å². The summed E-state index contributed by atoms with van der Waals surface area (Å²) in [7, 11) is 0. The van der Waals surface area contributed by atoms with Crippen LogP contribution in [0.3, 0.4) is 0 Å². The summed E-state index contributed by atoms with van der Waals surface area (Å²) in [5.41, 5.74) is 4.37. The number of amides is 4. The van der Waals surface area contributed by atoms with E-state index in [2.05, 4.69) is 20.6 Å². The van der Waals surface area contributed by atoms with E-state index in [9.17, 15) is 39.0 Å². The number of H-pyrrole nitrogens is 1. The lowest BCUT2D eigenvalue weighted by Crippen LogP contribution is -2.71. The van der Waals surface area contributed by atoms with Gasteiger partial charge < -0.3 is 36.4 Å². The Labute approximate surface area is 253 Å². The molecule has 0 radical (unpaired) electrons. The van der Waals surface area contributed by atoms with Crippen LogP contribution in [0.1, 0.15) is 24.9 Å². The van der Waals surface area contributed by atoms with Crippen LogP contribution < -0.4 is 26.8 Å². The van der Waals surface area contributed by atoms with Crippen molar-refractivity contribution >= 4 is 53.2 Å². The first-order valence-corrected chi connectivity index (χ1v) is 14.1. The number of benzene rings is 1. The number of carboxylic acid groups (broad SMARTS) is 1. The van der Waals surface area contributed by atoms with Crippen LogP contribution in [-0.2, 0) is 23.9 Å². The number of aliphatic carboxylic acids is 1. The van der Waals surface area contributed by atoms with E-state index in [0.29, 0.717) is 11.3 Å². The number of carboxylic acids is 1. The molecule has 0 bridgehead atoms. The van der Waals surface area contributed by atoms with Gasteiger partial charge in [-0.15, -0.1) is 11.8 Å². The smallest absolute Gasteiger partial charge is 0.352 e. The quantitative estimate of drug-likeness (QED) is 0.0861. The largest absolute Gasteiger partial charge is 0.508 e. The second-order valence-corrected chi connectivity index (χ2v) is 10.7. The molecule has 2 aliphatic rings. The minimum Gasteiger partial charge on any atom is -0.508 e. The molecule has 4 rings (SSSR count). The number of nitrogens with zero attached hydrogens (tertiary/aromatic N) is 3. The first kappa shape index (κ1) is 31.8. The molecule has 1 aromatic carbocycles. The number of nitrogens with two attached hydrogens (primary N) is 1. The molecule has 2 unspecified atom stereocenters. The Morgan fingerprint density at radius 3 is 2.55 bits per heavy atom. The van der Waals surface area contributed by atoms with Gasteiger partial charge in [0.05, 0.1) is 6.20 Å². The van der Waals surface area contributed by atoms with Gasteiger partial charge in [-0.1, -0.05) is 12.1 Å². The number of hydrogen-bond donors (Lipinski definition) is 7. The topological polar surface area (TPSA) is 258 Å². The van der Waals surface area contributed by atoms with E-state index < -0.39 is 58.5 Å². The number of anilines is 2. The molecule has 1 aromatic heterocycles. The number of thioether (sulfide) groups is 1. The number of phenolic OH excluding ortho intramolecular Hbond substituents is 1. The third-order valence-electron chi connectivity index (χ3n) is 6.62. The molecule has 0 aliphatic carbocycles. The molecule has 2 aliphatic heterocycles. The summed E-state index contributed by atoms with van der Waals surface area (Å²) < 4.78 is 4.92. The Morgan fingerprint density at radius 2 is 1.95 bits per heavy atom. The summed E-state index contributed by atoms with van der Waals surface area (Å²) in [6, 6.07) is 1.05. The van der Waals surface area contributed by atoms with Crippen LogP contribution in [-0.4, -0.2) is 96.9 Å². The van der Waals surface area contributed by atoms with Crippen molar-refractivity contribution < 1.29 is 44.0 Å². The van der Waals surface area contributed by atoms with Crippen molar-refractivity contribution in [3.05, 3.63) is 57.6 Å². The Morgan fingerprint density at radius 1 is 1.25 bits per heavy atom. The van der Waals surface area contributed by atoms with Crippen LogP contribution in [0.5, 0.6) is 5.75 Å². The SMILES string of the molecule is CC(=O)OCC1=C(C(=O)O)N2C(=O)C(NC(=O)C(c3ccc(O)cc3)N(C(N)=O)c3cnc(NCCCO)[nH]c3=O)[C@@H]2SC1. The molecule has 17 nitrogen and oxygen atoms in total. The number of urea groups is 1. The van der Waals surface area contributed by atoms with E-state index in [1.807, 2.05) is 0 Å². The molecule has 2 aromatic rings. The fourth-order valence-electron chi connectivity index (χ4n) is 4.61. The number of primary amides is 1. The zero-order chi connectivity index (χ0) is 32.1. The number of rotatable bonds is 12. The number of nitrogens with one attached hydrogen (secondary N) is 3. The predicted octanol–water partition coefficient (Wildman–Crippen LogP) is -0.802. The predicted molar refractivity (Wildman–Crippen MR) is 154 cm³/mol. The molecule has 18 heteroatoms. The minimum absolute atomic E-state index is 0.0343. The second-order valence-electron chi connectivity index (χ2n) is 9.59. The summed E-state index contributed by atoms with van der Waals surface area (Å²) in [5, 5.41) is 33.0. The number of β-lactam (4-membered cyclic amide) rings is 1. The summed E-state index contributed by atoms with van der Waals surface area (Å²) in [6.07, 6.45) is 1.39. The average Bonchev–Trinajstić information content (AvgIpc) is 2.97. The molecule has 0 saturated carbocycles. The lowest BCUT2D eigenvalue weighted by molar-refractivity contribution is -0.151. The van der Waals surface area contributed by atoms with E-state index >= 15 is 0 Å². The Bertz CT molecular complexity index is 1560. The maximum absolute atomic E-state index is 13.8. The van der Waals surface area contributed by atoms with Crippen LogP contribution in [0, 0.1) is 0 Å². The molecule has 0 spiro atoms. The highest BCUT2D eigenvalue weighted by Gasteiger charge is 2.55. The number of esters is 1. The summed E-state index contributed by atoms with van der Waals surface area (Å²) in [6.45, 7) is 1.02. The summed E-state index contributed by atoms with van der Waals surface area (Å²) >= 11 is 1.13. The van der Waals surface area contributed by atoms with Crippen molar-refractivity contribution in [3.63, 3.8) is 0 Å². The van der Waals surface area contributed by atoms with Crippen LogP contribution in [0.4, 0.5) is 16.4 Å². The molecule has 3 heterocycles. The number of hydrogen-bond acceptors (Lipinski definition) is 12. The van der Waals surface area contributed by atoms with E-state index in [4.69, 9.17) is 15.6 Å². The zero-order valence-corrected chi connectivity index (χ0v) is 24.0. The molecular formula is C26H29N7O10S. The summed E-state index contributed by atoms with van der Waals surface area (Å²) in [5.74, 6) is -3.78. The molecule has 8 N–H and O–H groups in total. The van der Waals surface area contributed by atoms with Crippen LogP contribution in [0.25, 0.3) is 0 Å². The molecular weight excluding hydrogens is 602 g/mol. The number of aliphatic hydroxyl groups excluding tert-OH is 1. The van der Waals surface area contributed by atoms with Crippen molar-refractivity contribution in [2.24, 2.45) is 5.73 Å². The van der Waals surface area contributed by atoms with Crippen LogP contribution >= 0.6 is 11.8 Å². The first-order chi connectivity index (χ1) is 20.9. The number of ether oxygens (including phenoxy) is 1. The fourth-order valence-corrected chi connectivity index (χ4v) is 5.94. The number of aromatic amines is 1. The van der Waals surface area contributed by atoms with Crippen molar-refractivity contribution in [3.8, 4) is 5.75 Å². The van der Waals surface area contributed by atoms with Gasteiger partial charge >= 0.3 is 18.0 Å². The number of aromatic hydroxyl groups is 1. The normalized spacial score (nSPS) is 18.0. The van der Waals surface area contributed by atoms with Crippen LogP contribution in [0.15, 0.2) is 46.5 Å². The van der Waals surface area contributed by atoms with Crippen molar-refractivity contribution in [1.82, 2.24) is 20.2 Å². The first-order valence-electron chi connectivity index (χ1n) is 13.1. The molecule has 1 fully saturated rings. The van der Waals surface area contributed by atoms with E-state index in [-0.39, 0.29) is 54.0 Å². The Hall–Kier alpha value is -5.10. The standard InChI is InChI=1S/C26H29N7O10S/c1-12(35)43-10-14-11-44-23-17(22(39)33(23)19(14)24(40)41)30-21(38)18(13-3-5-15(36)6-4-13)32(25(27)42)16-9-29-26(31-20(16)37)28-7-2-8-34/h3-6,9,17-18,23,34,36H,2,7-8,10-11H2,1H3,(H2,27,42)(H,30,38)(H,40,41)(H2,28,29,31,37)/t17?,18?,23-/m0/s1. The third kappa shape index (κ3) is 6.60. The highest BCUT2D eigenvalue weighted by Crippen LogP contribution is 2.41. The molecule has 234 valence electrons. The molecule has 4 amide bonds. The van der Waals surface area contributed by atoms with Gasteiger partial charge in [0, 0.05) is 31.4 Å². The van der Waals surface area contributed by atoms with E-state index in [1.165, 1.54) is 24.3 Å². The molecule has 44 heavy (non-hydrogen) atoms. The van der Waals surface area contributed by atoms with Gasteiger partial charge in [-0.05, 0) is 24.1 Å². The Kier molecular flexibility index (Phi) is 9.74. The third-order valence-corrected chi connectivity index (χ3v) is 7.96. The van der Waals surface area contributed by atoms with Gasteiger partial charge in [-0.3, -0.25) is 34.0 Å². The number of fused-ring (bicyclic) bond motifs is 1. The Balaban J connectivity index is 1.65. The second kappa shape index (κ2) is 13.5.